The molecule has 0 bridgehead atoms. The number of ether oxygens (including phenoxy) is 3. The first-order valence-corrected chi connectivity index (χ1v) is 11.4. The lowest BCUT2D eigenvalue weighted by Gasteiger charge is -2.39. The van der Waals surface area contributed by atoms with Crippen molar-refractivity contribution in [2.75, 3.05) is 0 Å². The maximum atomic E-state index is 12.9. The number of nitrogens with one attached hydrogen (secondary N) is 1. The van der Waals surface area contributed by atoms with Gasteiger partial charge >= 0.3 is 5.97 Å². The molecule has 0 aromatic heterocycles. The summed E-state index contributed by atoms with van der Waals surface area (Å²) in [6.07, 6.45) is -2.15. The highest BCUT2D eigenvalue weighted by atomic mass is 32.2. The Morgan fingerprint density at radius 2 is 1.84 bits per heavy atom. The fourth-order valence-electron chi connectivity index (χ4n) is 3.41. The fourth-order valence-corrected chi connectivity index (χ4v) is 4.67. The summed E-state index contributed by atoms with van der Waals surface area (Å²) in [6, 6.07) is 13.1. The van der Waals surface area contributed by atoms with Gasteiger partial charge in [0.2, 0.25) is 10.0 Å². The lowest BCUT2D eigenvalue weighted by molar-refractivity contribution is -0.384. The Morgan fingerprint density at radius 3 is 2.44 bits per heavy atom. The number of rotatable bonds is 8. The predicted molar refractivity (Wildman–Crippen MR) is 113 cm³/mol. The minimum atomic E-state index is -4.06. The van der Waals surface area contributed by atoms with Crippen molar-refractivity contribution in [2.24, 2.45) is 0 Å². The van der Waals surface area contributed by atoms with Crippen molar-refractivity contribution in [1.82, 2.24) is 4.72 Å². The predicted octanol–water partition coefficient (Wildman–Crippen LogP) is 2.53. The summed E-state index contributed by atoms with van der Waals surface area (Å²) in [5.74, 6) is -0.575. The van der Waals surface area contributed by atoms with Crippen LogP contribution < -0.4 is 4.72 Å². The zero-order valence-electron chi connectivity index (χ0n) is 17.5. The molecule has 1 aliphatic rings. The Balaban J connectivity index is 1.76. The van der Waals surface area contributed by atoms with E-state index >= 15 is 0 Å². The molecule has 1 aliphatic heterocycles. The van der Waals surface area contributed by atoms with Crippen molar-refractivity contribution >= 4 is 21.7 Å². The van der Waals surface area contributed by atoms with Crippen LogP contribution in [0.15, 0.2) is 59.5 Å². The van der Waals surface area contributed by atoms with E-state index in [1.807, 2.05) is 30.3 Å². The summed E-state index contributed by atoms with van der Waals surface area (Å²) in [6.45, 7) is 3.16. The molecule has 10 nitrogen and oxygen atoms in total. The van der Waals surface area contributed by atoms with Gasteiger partial charge in [0.1, 0.15) is 6.10 Å². The van der Waals surface area contributed by atoms with Crippen LogP contribution in [0.2, 0.25) is 0 Å². The Kier molecular flexibility index (Phi) is 7.56. The molecule has 0 amide bonds. The minimum absolute atomic E-state index is 0.0985. The molecule has 0 unspecified atom stereocenters. The molecule has 32 heavy (non-hydrogen) atoms. The molecule has 2 aromatic carbocycles. The van der Waals surface area contributed by atoms with E-state index in [-0.39, 0.29) is 23.6 Å². The topological polar surface area (TPSA) is 134 Å². The van der Waals surface area contributed by atoms with Crippen molar-refractivity contribution in [3.63, 3.8) is 0 Å². The summed E-state index contributed by atoms with van der Waals surface area (Å²) < 4.78 is 45.3. The van der Waals surface area contributed by atoms with Gasteiger partial charge in [-0.25, -0.2) is 13.1 Å². The Morgan fingerprint density at radius 1 is 1.19 bits per heavy atom. The van der Waals surface area contributed by atoms with Gasteiger partial charge in [-0.05, 0) is 24.6 Å². The van der Waals surface area contributed by atoms with Crippen molar-refractivity contribution in [3.8, 4) is 0 Å². The third-order valence-electron chi connectivity index (χ3n) is 4.92. The van der Waals surface area contributed by atoms with Crippen LogP contribution in [0.25, 0.3) is 0 Å². The number of carbonyl (C=O) groups is 1. The SMILES string of the molecule is CC(=O)O[C@H]1[C@H](C)O[C@@H](OCc2ccccc2)C[C@H]1NS(=O)(=O)c1ccc([N+](=O)[O-])cc1. The molecule has 1 heterocycles. The van der Waals surface area contributed by atoms with Crippen LogP contribution in [-0.2, 0) is 35.6 Å². The van der Waals surface area contributed by atoms with Gasteiger partial charge in [0.15, 0.2) is 6.29 Å². The van der Waals surface area contributed by atoms with Crippen LogP contribution in [0, 0.1) is 10.1 Å². The Hall–Kier alpha value is -2.86. The summed E-state index contributed by atoms with van der Waals surface area (Å²) in [5, 5.41) is 10.8. The number of sulfonamides is 1. The van der Waals surface area contributed by atoms with Gasteiger partial charge in [0, 0.05) is 25.5 Å². The highest BCUT2D eigenvalue weighted by molar-refractivity contribution is 7.89. The van der Waals surface area contributed by atoms with Crippen molar-refractivity contribution in [2.45, 2.75) is 56.3 Å². The van der Waals surface area contributed by atoms with E-state index in [9.17, 15) is 23.3 Å². The largest absolute Gasteiger partial charge is 0.458 e. The van der Waals surface area contributed by atoms with Crippen LogP contribution in [0.3, 0.4) is 0 Å². The molecule has 4 atom stereocenters. The average Bonchev–Trinajstić information content (AvgIpc) is 2.75. The summed E-state index contributed by atoms with van der Waals surface area (Å²) in [7, 11) is -4.06. The zero-order valence-corrected chi connectivity index (χ0v) is 18.4. The number of esters is 1. The van der Waals surface area contributed by atoms with E-state index in [1.165, 1.54) is 6.92 Å². The molecular formula is C21H24N2O8S. The number of non-ortho nitro benzene ring substituents is 1. The van der Waals surface area contributed by atoms with Gasteiger partial charge < -0.3 is 14.2 Å². The van der Waals surface area contributed by atoms with Crippen molar-refractivity contribution in [1.29, 1.82) is 0 Å². The first-order valence-electron chi connectivity index (χ1n) is 9.90. The van der Waals surface area contributed by atoms with Crippen LogP contribution in [0.4, 0.5) is 5.69 Å². The normalized spacial score (nSPS) is 23.4. The molecule has 1 N–H and O–H groups in total. The number of hydrogen-bond donors (Lipinski definition) is 1. The number of benzene rings is 2. The number of nitrogens with zero attached hydrogens (tertiary/aromatic N) is 1. The molecule has 0 saturated carbocycles. The lowest BCUT2D eigenvalue weighted by Crippen LogP contribution is -2.56. The van der Waals surface area contributed by atoms with Gasteiger partial charge in [0.05, 0.1) is 28.6 Å². The molecule has 2 aromatic rings. The summed E-state index contributed by atoms with van der Waals surface area (Å²) >= 11 is 0. The summed E-state index contributed by atoms with van der Waals surface area (Å²) in [4.78, 5) is 21.6. The maximum absolute atomic E-state index is 12.9. The lowest BCUT2D eigenvalue weighted by atomic mass is 10.0. The third kappa shape index (κ3) is 6.10. The molecule has 0 radical (unpaired) electrons. The molecule has 3 rings (SSSR count). The molecule has 0 aliphatic carbocycles. The van der Waals surface area contributed by atoms with E-state index < -0.39 is 45.5 Å². The van der Waals surface area contributed by atoms with Crippen molar-refractivity contribution in [3.05, 3.63) is 70.3 Å². The second kappa shape index (κ2) is 10.2. The Bertz CT molecular complexity index is 1040. The number of nitro groups is 1. The standard InChI is InChI=1S/C21H24N2O8S/c1-14-21(31-15(2)24)19(12-20(30-14)29-13-16-6-4-3-5-7-16)22-32(27,28)18-10-8-17(9-11-18)23(25)26/h3-11,14,19-22H,12-13H2,1-2H3/t14-,19+,20+,21-/m0/s1. The van der Waals surface area contributed by atoms with E-state index in [0.29, 0.717) is 0 Å². The molecule has 1 fully saturated rings. The summed E-state index contributed by atoms with van der Waals surface area (Å²) in [5.41, 5.74) is 0.699. The first kappa shape index (κ1) is 23.8. The van der Waals surface area contributed by atoms with Gasteiger partial charge in [-0.1, -0.05) is 30.3 Å². The second-order valence-electron chi connectivity index (χ2n) is 7.36. The molecular weight excluding hydrogens is 440 g/mol. The van der Waals surface area contributed by atoms with Gasteiger partial charge in [-0.2, -0.15) is 0 Å². The molecule has 0 spiro atoms. The minimum Gasteiger partial charge on any atom is -0.458 e. The smallest absolute Gasteiger partial charge is 0.303 e. The van der Waals surface area contributed by atoms with Gasteiger partial charge in [-0.15, -0.1) is 0 Å². The number of hydrogen-bond acceptors (Lipinski definition) is 8. The van der Waals surface area contributed by atoms with E-state index in [0.717, 1.165) is 29.8 Å². The van der Waals surface area contributed by atoms with Gasteiger partial charge in [0.25, 0.3) is 5.69 Å². The second-order valence-corrected chi connectivity index (χ2v) is 9.07. The molecule has 11 heteroatoms. The van der Waals surface area contributed by atoms with E-state index in [1.54, 1.807) is 6.92 Å². The first-order chi connectivity index (χ1) is 15.2. The maximum Gasteiger partial charge on any atom is 0.303 e. The zero-order chi connectivity index (χ0) is 23.3. The quantitative estimate of drug-likeness (QED) is 0.358. The van der Waals surface area contributed by atoms with Gasteiger partial charge in [-0.3, -0.25) is 14.9 Å². The number of carbonyl (C=O) groups excluding carboxylic acids is 1. The van der Waals surface area contributed by atoms with E-state index in [2.05, 4.69) is 4.72 Å². The van der Waals surface area contributed by atoms with Crippen LogP contribution >= 0.6 is 0 Å². The van der Waals surface area contributed by atoms with Crippen LogP contribution in [0.1, 0.15) is 25.8 Å². The molecule has 172 valence electrons. The molecule has 1 saturated heterocycles. The van der Waals surface area contributed by atoms with Crippen molar-refractivity contribution < 1.29 is 32.3 Å². The Labute approximate surface area is 185 Å². The third-order valence-corrected chi connectivity index (χ3v) is 6.42. The van der Waals surface area contributed by atoms with E-state index in [4.69, 9.17) is 14.2 Å². The van der Waals surface area contributed by atoms with Crippen LogP contribution in [-0.4, -0.2) is 43.9 Å². The number of nitro benzene ring substituents is 1. The average molecular weight is 464 g/mol. The van der Waals surface area contributed by atoms with Crippen LogP contribution in [0.5, 0.6) is 0 Å². The monoisotopic (exact) mass is 464 g/mol. The highest BCUT2D eigenvalue weighted by Crippen LogP contribution is 2.26. The fraction of sp³-hybridized carbons (Fsp3) is 0.381. The highest BCUT2D eigenvalue weighted by Gasteiger charge is 2.41.